The molecule has 3 nitrogen and oxygen atoms in total. The number of nitrogens with zero attached hydrogens (tertiary/aromatic N) is 2. The smallest absolute Gasteiger partial charge is 0.222 e. The molecular weight excluding hydrogens is 200 g/mol. The second-order valence-corrected chi connectivity index (χ2v) is 3.73. The third kappa shape index (κ3) is 2.03. The zero-order valence-corrected chi connectivity index (χ0v) is 9.69. The van der Waals surface area contributed by atoms with Gasteiger partial charge in [-0.25, -0.2) is 4.98 Å². The van der Waals surface area contributed by atoms with E-state index in [1.165, 1.54) is 0 Å². The molecule has 0 aliphatic heterocycles. The molecule has 2 aromatic rings. The van der Waals surface area contributed by atoms with Gasteiger partial charge in [-0.3, -0.25) is 4.98 Å². The van der Waals surface area contributed by atoms with Gasteiger partial charge in [0.05, 0.1) is 18.4 Å². The van der Waals surface area contributed by atoms with Gasteiger partial charge in [-0.2, -0.15) is 0 Å². The molecule has 0 aliphatic carbocycles. The molecule has 0 amide bonds. The van der Waals surface area contributed by atoms with Gasteiger partial charge in [-0.05, 0) is 37.6 Å². The Morgan fingerprint density at radius 2 is 1.88 bits per heavy atom. The van der Waals surface area contributed by atoms with Crippen LogP contribution in [0.15, 0.2) is 30.5 Å². The van der Waals surface area contributed by atoms with Crippen molar-refractivity contribution in [3.05, 3.63) is 41.7 Å². The lowest BCUT2D eigenvalue weighted by Crippen LogP contribution is -1.94. The molecule has 2 aromatic heterocycles. The highest BCUT2D eigenvalue weighted by Gasteiger charge is 2.08. The predicted octanol–water partition coefficient (Wildman–Crippen LogP) is 2.77. The molecule has 2 rings (SSSR count). The van der Waals surface area contributed by atoms with Crippen molar-refractivity contribution >= 4 is 0 Å². The Bertz CT molecular complexity index is 492. The average Bonchev–Trinajstić information content (AvgIpc) is 2.30. The van der Waals surface area contributed by atoms with Crippen molar-refractivity contribution in [2.24, 2.45) is 0 Å². The number of hydrogen-bond donors (Lipinski definition) is 0. The third-order valence-corrected chi connectivity index (χ3v) is 2.38. The summed E-state index contributed by atoms with van der Waals surface area (Å²) in [5.74, 6) is 0.622. The molecule has 0 aromatic carbocycles. The van der Waals surface area contributed by atoms with E-state index in [1.807, 2.05) is 44.3 Å². The largest absolute Gasteiger partial charge is 0.480 e. The molecule has 0 saturated carbocycles. The monoisotopic (exact) mass is 214 g/mol. The van der Waals surface area contributed by atoms with E-state index in [-0.39, 0.29) is 0 Å². The topological polar surface area (TPSA) is 35.0 Å². The zero-order chi connectivity index (χ0) is 11.5. The highest BCUT2D eigenvalue weighted by atomic mass is 16.5. The predicted molar refractivity (Wildman–Crippen MR) is 63.5 cm³/mol. The number of ether oxygens (including phenoxy) is 1. The van der Waals surface area contributed by atoms with Gasteiger partial charge >= 0.3 is 0 Å². The van der Waals surface area contributed by atoms with Crippen LogP contribution in [0.1, 0.15) is 11.3 Å². The van der Waals surface area contributed by atoms with Gasteiger partial charge in [0.25, 0.3) is 0 Å². The molecule has 0 bridgehead atoms. The van der Waals surface area contributed by atoms with Crippen molar-refractivity contribution < 1.29 is 4.74 Å². The molecule has 82 valence electrons. The summed E-state index contributed by atoms with van der Waals surface area (Å²) >= 11 is 0. The van der Waals surface area contributed by atoms with Crippen molar-refractivity contribution in [1.82, 2.24) is 9.97 Å². The fourth-order valence-corrected chi connectivity index (χ4v) is 1.51. The Morgan fingerprint density at radius 1 is 1.06 bits per heavy atom. The average molecular weight is 214 g/mol. The van der Waals surface area contributed by atoms with E-state index in [2.05, 4.69) is 9.97 Å². The number of pyridine rings is 2. The first-order valence-electron chi connectivity index (χ1n) is 5.15. The molecule has 16 heavy (non-hydrogen) atoms. The Hall–Kier alpha value is -1.90. The number of rotatable bonds is 2. The first-order valence-corrected chi connectivity index (χ1v) is 5.15. The van der Waals surface area contributed by atoms with Crippen molar-refractivity contribution in [3.8, 4) is 17.1 Å². The summed E-state index contributed by atoms with van der Waals surface area (Å²) in [5.41, 5.74) is 3.89. The van der Waals surface area contributed by atoms with Crippen LogP contribution in [-0.2, 0) is 0 Å². The van der Waals surface area contributed by atoms with E-state index in [0.717, 1.165) is 22.5 Å². The fourth-order valence-electron chi connectivity index (χ4n) is 1.51. The number of aryl methyl sites for hydroxylation is 2. The van der Waals surface area contributed by atoms with Crippen molar-refractivity contribution in [2.45, 2.75) is 13.8 Å². The van der Waals surface area contributed by atoms with Gasteiger partial charge < -0.3 is 4.74 Å². The minimum atomic E-state index is 0.622. The van der Waals surface area contributed by atoms with E-state index < -0.39 is 0 Å². The maximum atomic E-state index is 5.26. The van der Waals surface area contributed by atoms with E-state index in [4.69, 9.17) is 4.74 Å². The maximum Gasteiger partial charge on any atom is 0.222 e. The first kappa shape index (κ1) is 10.6. The molecule has 0 atom stereocenters. The molecule has 0 spiro atoms. The number of methoxy groups -OCH3 is 1. The summed E-state index contributed by atoms with van der Waals surface area (Å²) in [4.78, 5) is 8.70. The van der Waals surface area contributed by atoms with E-state index in [9.17, 15) is 0 Å². The number of hydrogen-bond acceptors (Lipinski definition) is 3. The van der Waals surface area contributed by atoms with Gasteiger partial charge in [-0.15, -0.1) is 0 Å². The van der Waals surface area contributed by atoms with Crippen LogP contribution in [0, 0.1) is 13.8 Å². The van der Waals surface area contributed by atoms with Gasteiger partial charge in [-0.1, -0.05) is 6.07 Å². The maximum absolute atomic E-state index is 5.26. The van der Waals surface area contributed by atoms with Crippen LogP contribution >= 0.6 is 0 Å². The minimum absolute atomic E-state index is 0.622. The van der Waals surface area contributed by atoms with Crippen LogP contribution in [0.25, 0.3) is 11.3 Å². The summed E-state index contributed by atoms with van der Waals surface area (Å²) in [6.45, 7) is 3.95. The molecule has 0 aliphatic rings. The lowest BCUT2D eigenvalue weighted by atomic mass is 10.1. The standard InChI is InChI=1S/C13H14N2O/c1-9-4-7-12(14-8-9)11-6-5-10(2)15-13(11)16-3/h4-8H,1-3H3. The van der Waals surface area contributed by atoms with E-state index >= 15 is 0 Å². The lowest BCUT2D eigenvalue weighted by Gasteiger charge is -2.07. The molecule has 0 saturated heterocycles. The Morgan fingerprint density at radius 3 is 2.50 bits per heavy atom. The lowest BCUT2D eigenvalue weighted by molar-refractivity contribution is 0.398. The molecular formula is C13H14N2O. The molecule has 0 radical (unpaired) electrons. The molecule has 0 N–H and O–H groups in total. The second-order valence-electron chi connectivity index (χ2n) is 3.73. The van der Waals surface area contributed by atoms with Crippen LogP contribution in [-0.4, -0.2) is 17.1 Å². The summed E-state index contributed by atoms with van der Waals surface area (Å²) in [5, 5.41) is 0. The van der Waals surface area contributed by atoms with E-state index in [1.54, 1.807) is 7.11 Å². The molecule has 0 fully saturated rings. The Balaban J connectivity index is 2.51. The molecule has 0 unspecified atom stereocenters. The Labute approximate surface area is 95.1 Å². The summed E-state index contributed by atoms with van der Waals surface area (Å²) < 4.78 is 5.26. The van der Waals surface area contributed by atoms with Gasteiger partial charge in [0, 0.05) is 11.9 Å². The van der Waals surface area contributed by atoms with Crippen LogP contribution in [0.3, 0.4) is 0 Å². The van der Waals surface area contributed by atoms with Crippen LogP contribution in [0.2, 0.25) is 0 Å². The quantitative estimate of drug-likeness (QED) is 0.771. The normalized spacial score (nSPS) is 10.2. The Kier molecular flexibility index (Phi) is 2.86. The van der Waals surface area contributed by atoms with Gasteiger partial charge in [0.1, 0.15) is 0 Å². The molecule has 2 heterocycles. The highest BCUT2D eigenvalue weighted by Crippen LogP contribution is 2.26. The van der Waals surface area contributed by atoms with E-state index in [0.29, 0.717) is 5.88 Å². The van der Waals surface area contributed by atoms with Gasteiger partial charge in [0.15, 0.2) is 0 Å². The summed E-state index contributed by atoms with van der Waals surface area (Å²) in [6.07, 6.45) is 1.84. The van der Waals surface area contributed by atoms with Crippen molar-refractivity contribution in [3.63, 3.8) is 0 Å². The second kappa shape index (κ2) is 4.31. The van der Waals surface area contributed by atoms with Crippen molar-refractivity contribution in [1.29, 1.82) is 0 Å². The first-order chi connectivity index (χ1) is 7.70. The SMILES string of the molecule is COc1nc(C)ccc1-c1ccc(C)cn1. The minimum Gasteiger partial charge on any atom is -0.480 e. The fraction of sp³-hybridized carbons (Fsp3) is 0.231. The van der Waals surface area contributed by atoms with Crippen LogP contribution < -0.4 is 4.74 Å². The van der Waals surface area contributed by atoms with Gasteiger partial charge in [0.2, 0.25) is 5.88 Å². The number of aromatic nitrogens is 2. The zero-order valence-electron chi connectivity index (χ0n) is 9.69. The van der Waals surface area contributed by atoms with Crippen LogP contribution in [0.5, 0.6) is 5.88 Å². The van der Waals surface area contributed by atoms with Crippen LogP contribution in [0.4, 0.5) is 0 Å². The molecule has 3 heteroatoms. The summed E-state index contributed by atoms with van der Waals surface area (Å²) in [6, 6.07) is 7.95. The van der Waals surface area contributed by atoms with Crippen molar-refractivity contribution in [2.75, 3.05) is 7.11 Å². The summed E-state index contributed by atoms with van der Waals surface area (Å²) in [7, 11) is 1.62. The highest BCUT2D eigenvalue weighted by molar-refractivity contribution is 5.65. The third-order valence-electron chi connectivity index (χ3n) is 2.38.